The van der Waals surface area contributed by atoms with Crippen molar-refractivity contribution < 1.29 is 9.47 Å². The summed E-state index contributed by atoms with van der Waals surface area (Å²) in [5.74, 6) is 0. The van der Waals surface area contributed by atoms with Gasteiger partial charge in [0.05, 0.1) is 31.6 Å². The fraction of sp³-hybridized carbons (Fsp3) is 0.727. The number of ether oxygens (including phenoxy) is 2. The Bertz CT molecular complexity index is 289. The Morgan fingerprint density at radius 3 is 2.94 bits per heavy atom. The van der Waals surface area contributed by atoms with Crippen LogP contribution in [0.3, 0.4) is 0 Å². The van der Waals surface area contributed by atoms with Gasteiger partial charge in [0.25, 0.3) is 0 Å². The van der Waals surface area contributed by atoms with Gasteiger partial charge in [0.2, 0.25) is 0 Å². The molecule has 0 aliphatic heterocycles. The van der Waals surface area contributed by atoms with Crippen molar-refractivity contribution in [2.45, 2.75) is 33.1 Å². The molecule has 0 saturated heterocycles. The van der Waals surface area contributed by atoms with Gasteiger partial charge in [-0.15, -0.1) is 11.3 Å². The third-order valence-electron chi connectivity index (χ3n) is 1.86. The lowest BCUT2D eigenvalue weighted by molar-refractivity contribution is 0.0136. The SMILES string of the molecule is CNCc1nc(COCCOC(C)C)cs1. The van der Waals surface area contributed by atoms with E-state index in [9.17, 15) is 0 Å². The van der Waals surface area contributed by atoms with E-state index in [1.807, 2.05) is 26.3 Å². The van der Waals surface area contributed by atoms with Gasteiger partial charge in [-0.1, -0.05) is 0 Å². The first kappa shape index (κ1) is 13.6. The van der Waals surface area contributed by atoms with Crippen LogP contribution < -0.4 is 5.32 Å². The quantitative estimate of drug-likeness (QED) is 0.708. The van der Waals surface area contributed by atoms with Gasteiger partial charge in [0, 0.05) is 11.9 Å². The van der Waals surface area contributed by atoms with Gasteiger partial charge >= 0.3 is 0 Å². The zero-order valence-electron chi connectivity index (χ0n) is 10.2. The van der Waals surface area contributed by atoms with Crippen molar-refractivity contribution in [1.29, 1.82) is 0 Å². The van der Waals surface area contributed by atoms with Crippen LogP contribution in [0.5, 0.6) is 0 Å². The number of hydrogen-bond acceptors (Lipinski definition) is 5. The van der Waals surface area contributed by atoms with Gasteiger partial charge in [-0.2, -0.15) is 0 Å². The summed E-state index contributed by atoms with van der Waals surface area (Å²) < 4.78 is 10.8. The summed E-state index contributed by atoms with van der Waals surface area (Å²) in [5, 5.41) is 6.21. The summed E-state index contributed by atoms with van der Waals surface area (Å²) in [6, 6.07) is 0. The van der Waals surface area contributed by atoms with E-state index in [0.29, 0.717) is 19.8 Å². The molecule has 0 fully saturated rings. The first-order valence-corrected chi connectivity index (χ1v) is 6.37. The minimum atomic E-state index is 0.269. The standard InChI is InChI=1S/C11H20N2O2S/c1-9(2)15-5-4-14-7-10-8-16-11(13-10)6-12-3/h8-9,12H,4-7H2,1-3H3. The van der Waals surface area contributed by atoms with Crippen LogP contribution in [0, 0.1) is 0 Å². The molecular weight excluding hydrogens is 224 g/mol. The van der Waals surface area contributed by atoms with E-state index in [4.69, 9.17) is 9.47 Å². The number of aromatic nitrogens is 1. The predicted molar refractivity (Wildman–Crippen MR) is 65.6 cm³/mol. The first-order valence-electron chi connectivity index (χ1n) is 5.49. The number of rotatable bonds is 8. The summed E-state index contributed by atoms with van der Waals surface area (Å²) >= 11 is 1.66. The molecule has 16 heavy (non-hydrogen) atoms. The minimum absolute atomic E-state index is 0.269. The average Bonchev–Trinajstić information content (AvgIpc) is 2.65. The maximum atomic E-state index is 5.46. The number of thiazole rings is 1. The number of nitrogens with one attached hydrogen (secondary N) is 1. The molecule has 4 nitrogen and oxygen atoms in total. The highest BCUT2D eigenvalue weighted by Crippen LogP contribution is 2.10. The second kappa shape index (κ2) is 7.73. The normalized spacial score (nSPS) is 11.2. The Balaban J connectivity index is 2.12. The molecular formula is C11H20N2O2S. The number of nitrogens with zero attached hydrogens (tertiary/aromatic N) is 1. The van der Waals surface area contributed by atoms with Crippen LogP contribution >= 0.6 is 11.3 Å². The molecule has 0 unspecified atom stereocenters. The molecule has 0 radical (unpaired) electrons. The number of hydrogen-bond donors (Lipinski definition) is 1. The van der Waals surface area contributed by atoms with Gasteiger partial charge in [-0.3, -0.25) is 0 Å². The highest BCUT2D eigenvalue weighted by Gasteiger charge is 2.01. The van der Waals surface area contributed by atoms with Gasteiger partial charge in [-0.25, -0.2) is 4.98 Å². The fourth-order valence-electron chi connectivity index (χ4n) is 1.17. The first-order chi connectivity index (χ1) is 7.72. The van der Waals surface area contributed by atoms with Crippen molar-refractivity contribution in [2.75, 3.05) is 20.3 Å². The maximum absolute atomic E-state index is 5.46. The van der Waals surface area contributed by atoms with Gasteiger partial charge in [0.1, 0.15) is 5.01 Å². The lowest BCUT2D eigenvalue weighted by Crippen LogP contribution is -2.09. The smallest absolute Gasteiger partial charge is 0.107 e. The molecule has 5 heteroatoms. The molecule has 0 bridgehead atoms. The van der Waals surface area contributed by atoms with E-state index in [-0.39, 0.29) is 6.10 Å². The lowest BCUT2D eigenvalue weighted by Gasteiger charge is -2.06. The lowest BCUT2D eigenvalue weighted by atomic mass is 10.5. The summed E-state index contributed by atoms with van der Waals surface area (Å²) in [5.41, 5.74) is 1.000. The Hall–Kier alpha value is -0.490. The molecule has 1 N–H and O–H groups in total. The largest absolute Gasteiger partial charge is 0.376 e. The van der Waals surface area contributed by atoms with E-state index in [1.165, 1.54) is 0 Å². The summed E-state index contributed by atoms with van der Waals surface area (Å²) in [6.45, 7) is 6.69. The van der Waals surface area contributed by atoms with Crippen LogP contribution in [0.2, 0.25) is 0 Å². The van der Waals surface area contributed by atoms with Crippen molar-refractivity contribution >= 4 is 11.3 Å². The summed E-state index contributed by atoms with van der Waals surface area (Å²) in [7, 11) is 1.92. The monoisotopic (exact) mass is 244 g/mol. The van der Waals surface area contributed by atoms with Crippen LogP contribution in [0.15, 0.2) is 5.38 Å². The summed E-state index contributed by atoms with van der Waals surface area (Å²) in [6.07, 6.45) is 0.269. The second-order valence-electron chi connectivity index (χ2n) is 3.74. The van der Waals surface area contributed by atoms with Crippen LogP contribution in [-0.2, 0) is 22.6 Å². The second-order valence-corrected chi connectivity index (χ2v) is 4.68. The molecule has 0 aliphatic carbocycles. The fourth-order valence-corrected chi connectivity index (χ4v) is 1.96. The third kappa shape index (κ3) is 5.55. The highest BCUT2D eigenvalue weighted by molar-refractivity contribution is 7.09. The topological polar surface area (TPSA) is 43.4 Å². The zero-order valence-corrected chi connectivity index (χ0v) is 11.0. The van der Waals surface area contributed by atoms with E-state index >= 15 is 0 Å². The molecule has 1 aromatic heterocycles. The molecule has 1 heterocycles. The molecule has 0 aromatic carbocycles. The molecule has 0 aliphatic rings. The van der Waals surface area contributed by atoms with E-state index in [1.54, 1.807) is 11.3 Å². The molecule has 0 atom stereocenters. The Labute approximate surface area is 101 Å². The van der Waals surface area contributed by atoms with E-state index in [2.05, 4.69) is 10.3 Å². The van der Waals surface area contributed by atoms with Gasteiger partial charge in [0.15, 0.2) is 0 Å². The van der Waals surface area contributed by atoms with Crippen molar-refractivity contribution in [3.05, 3.63) is 16.1 Å². The van der Waals surface area contributed by atoms with E-state index in [0.717, 1.165) is 17.2 Å². The molecule has 92 valence electrons. The molecule has 1 rings (SSSR count). The van der Waals surface area contributed by atoms with Crippen LogP contribution in [-0.4, -0.2) is 31.3 Å². The van der Waals surface area contributed by atoms with Crippen LogP contribution in [0.25, 0.3) is 0 Å². The Kier molecular flexibility index (Phi) is 6.56. The van der Waals surface area contributed by atoms with Crippen molar-refractivity contribution in [1.82, 2.24) is 10.3 Å². The molecule has 0 saturated carbocycles. The Morgan fingerprint density at radius 1 is 1.44 bits per heavy atom. The van der Waals surface area contributed by atoms with Gasteiger partial charge < -0.3 is 14.8 Å². The van der Waals surface area contributed by atoms with Crippen molar-refractivity contribution in [3.8, 4) is 0 Å². The molecule has 0 spiro atoms. The average molecular weight is 244 g/mol. The molecule has 0 amide bonds. The third-order valence-corrected chi connectivity index (χ3v) is 2.75. The zero-order chi connectivity index (χ0) is 11.8. The Morgan fingerprint density at radius 2 is 2.25 bits per heavy atom. The highest BCUT2D eigenvalue weighted by atomic mass is 32.1. The van der Waals surface area contributed by atoms with E-state index < -0.39 is 0 Å². The van der Waals surface area contributed by atoms with Crippen molar-refractivity contribution in [2.24, 2.45) is 0 Å². The van der Waals surface area contributed by atoms with Crippen molar-refractivity contribution in [3.63, 3.8) is 0 Å². The van der Waals surface area contributed by atoms with Crippen LogP contribution in [0.1, 0.15) is 24.5 Å². The maximum Gasteiger partial charge on any atom is 0.107 e. The predicted octanol–water partition coefficient (Wildman–Crippen LogP) is 1.80. The molecule has 1 aromatic rings. The minimum Gasteiger partial charge on any atom is -0.376 e. The van der Waals surface area contributed by atoms with Gasteiger partial charge in [-0.05, 0) is 20.9 Å². The summed E-state index contributed by atoms with van der Waals surface area (Å²) in [4.78, 5) is 4.42. The van der Waals surface area contributed by atoms with Crippen LogP contribution in [0.4, 0.5) is 0 Å².